The number of aliphatic hydroxyl groups excluding tert-OH is 1. The minimum Gasteiger partial charge on any atom is -0.388 e. The van der Waals surface area contributed by atoms with Crippen molar-refractivity contribution in [2.24, 2.45) is 7.05 Å². The van der Waals surface area contributed by atoms with E-state index in [1.54, 1.807) is 7.05 Å². The second kappa shape index (κ2) is 4.58. The fourth-order valence-electron chi connectivity index (χ4n) is 1.57. The molecular formula is C11H11F2N3O. The fourth-order valence-corrected chi connectivity index (χ4v) is 1.57. The Hall–Kier alpha value is -1.82. The smallest absolute Gasteiger partial charge is 0.164 e. The standard InChI is InChI=1S/C11H11F2N3O/c1-16-10(14-6-15-16)5-9(17)7-3-2-4-8(12)11(7)13/h2-4,6,9,17H,5H2,1H3. The van der Waals surface area contributed by atoms with Crippen LogP contribution in [0.25, 0.3) is 0 Å². The topological polar surface area (TPSA) is 50.9 Å². The highest BCUT2D eigenvalue weighted by Gasteiger charge is 2.18. The van der Waals surface area contributed by atoms with E-state index >= 15 is 0 Å². The lowest BCUT2D eigenvalue weighted by molar-refractivity contribution is 0.168. The maximum atomic E-state index is 13.4. The first-order valence-electron chi connectivity index (χ1n) is 5.04. The molecule has 0 fully saturated rings. The highest BCUT2D eigenvalue weighted by molar-refractivity contribution is 5.22. The first-order valence-corrected chi connectivity index (χ1v) is 5.04. The number of rotatable bonds is 3. The summed E-state index contributed by atoms with van der Waals surface area (Å²) < 4.78 is 27.9. The second-order valence-electron chi connectivity index (χ2n) is 3.66. The van der Waals surface area contributed by atoms with Crippen LogP contribution in [-0.2, 0) is 13.5 Å². The molecule has 0 aliphatic carbocycles. The van der Waals surface area contributed by atoms with Gasteiger partial charge in [0.05, 0.1) is 6.10 Å². The van der Waals surface area contributed by atoms with Gasteiger partial charge in [0, 0.05) is 19.0 Å². The van der Waals surface area contributed by atoms with Crippen molar-refractivity contribution in [3.05, 3.63) is 47.5 Å². The van der Waals surface area contributed by atoms with Crippen molar-refractivity contribution in [3.63, 3.8) is 0 Å². The minimum absolute atomic E-state index is 0.0759. The van der Waals surface area contributed by atoms with Crippen LogP contribution in [0.2, 0.25) is 0 Å². The molecule has 2 rings (SSSR count). The van der Waals surface area contributed by atoms with Crippen LogP contribution in [0.5, 0.6) is 0 Å². The summed E-state index contributed by atoms with van der Waals surface area (Å²) >= 11 is 0. The zero-order chi connectivity index (χ0) is 12.4. The zero-order valence-electron chi connectivity index (χ0n) is 9.14. The van der Waals surface area contributed by atoms with Gasteiger partial charge in [0.25, 0.3) is 0 Å². The largest absolute Gasteiger partial charge is 0.388 e. The number of hydrogen-bond acceptors (Lipinski definition) is 3. The van der Waals surface area contributed by atoms with Crippen LogP contribution >= 0.6 is 0 Å². The van der Waals surface area contributed by atoms with E-state index in [9.17, 15) is 13.9 Å². The van der Waals surface area contributed by atoms with E-state index in [1.807, 2.05) is 0 Å². The molecular weight excluding hydrogens is 228 g/mol. The maximum Gasteiger partial charge on any atom is 0.164 e. The van der Waals surface area contributed by atoms with Crippen molar-refractivity contribution in [1.82, 2.24) is 14.8 Å². The molecule has 1 N–H and O–H groups in total. The lowest BCUT2D eigenvalue weighted by atomic mass is 10.1. The van der Waals surface area contributed by atoms with Crippen molar-refractivity contribution < 1.29 is 13.9 Å². The van der Waals surface area contributed by atoms with Gasteiger partial charge in [0.15, 0.2) is 11.6 Å². The summed E-state index contributed by atoms with van der Waals surface area (Å²) in [5.74, 6) is -1.50. The summed E-state index contributed by atoms with van der Waals surface area (Å²) in [4.78, 5) is 3.91. The van der Waals surface area contributed by atoms with Crippen LogP contribution in [0.3, 0.4) is 0 Å². The molecule has 1 heterocycles. The van der Waals surface area contributed by atoms with Crippen molar-refractivity contribution in [2.75, 3.05) is 0 Å². The van der Waals surface area contributed by atoms with Gasteiger partial charge >= 0.3 is 0 Å². The molecule has 0 saturated heterocycles. The molecule has 17 heavy (non-hydrogen) atoms. The van der Waals surface area contributed by atoms with Gasteiger partial charge < -0.3 is 5.11 Å². The lowest BCUT2D eigenvalue weighted by Crippen LogP contribution is -2.09. The van der Waals surface area contributed by atoms with Crippen molar-refractivity contribution in [3.8, 4) is 0 Å². The van der Waals surface area contributed by atoms with Crippen molar-refractivity contribution in [1.29, 1.82) is 0 Å². The number of aliphatic hydroxyl groups is 1. The predicted octanol–water partition coefficient (Wildman–Crippen LogP) is 1.37. The summed E-state index contributed by atoms with van der Waals surface area (Å²) in [6, 6.07) is 3.71. The number of aryl methyl sites for hydroxylation is 1. The third kappa shape index (κ3) is 2.31. The molecule has 0 amide bonds. The van der Waals surface area contributed by atoms with Crippen LogP contribution < -0.4 is 0 Å². The number of aromatic nitrogens is 3. The summed E-state index contributed by atoms with van der Waals surface area (Å²) in [6.45, 7) is 0. The van der Waals surface area contributed by atoms with Crippen LogP contribution in [0.1, 0.15) is 17.5 Å². The van der Waals surface area contributed by atoms with Gasteiger partial charge in [-0.2, -0.15) is 5.10 Å². The lowest BCUT2D eigenvalue weighted by Gasteiger charge is -2.11. The van der Waals surface area contributed by atoms with E-state index < -0.39 is 17.7 Å². The van der Waals surface area contributed by atoms with E-state index in [4.69, 9.17) is 0 Å². The molecule has 1 atom stereocenters. The molecule has 90 valence electrons. The van der Waals surface area contributed by atoms with E-state index in [-0.39, 0.29) is 12.0 Å². The summed E-state index contributed by atoms with van der Waals surface area (Å²) in [6.07, 6.45) is 0.273. The molecule has 1 aromatic carbocycles. The highest BCUT2D eigenvalue weighted by Crippen LogP contribution is 2.21. The molecule has 0 bridgehead atoms. The third-order valence-electron chi connectivity index (χ3n) is 2.52. The van der Waals surface area contributed by atoms with Gasteiger partial charge in [-0.15, -0.1) is 0 Å². The molecule has 0 aliphatic heterocycles. The highest BCUT2D eigenvalue weighted by atomic mass is 19.2. The van der Waals surface area contributed by atoms with E-state index in [2.05, 4.69) is 10.1 Å². The predicted molar refractivity (Wildman–Crippen MR) is 56.0 cm³/mol. The molecule has 0 saturated carbocycles. The summed E-state index contributed by atoms with van der Waals surface area (Å²) in [5.41, 5.74) is -0.0759. The molecule has 4 nitrogen and oxygen atoms in total. The van der Waals surface area contributed by atoms with Gasteiger partial charge in [0.1, 0.15) is 12.2 Å². The zero-order valence-corrected chi connectivity index (χ0v) is 9.14. The monoisotopic (exact) mass is 239 g/mol. The van der Waals surface area contributed by atoms with Crippen LogP contribution in [0.15, 0.2) is 24.5 Å². The SMILES string of the molecule is Cn1ncnc1CC(O)c1cccc(F)c1F. The van der Waals surface area contributed by atoms with Gasteiger partial charge in [-0.1, -0.05) is 12.1 Å². The van der Waals surface area contributed by atoms with Crippen LogP contribution in [0.4, 0.5) is 8.78 Å². The second-order valence-corrected chi connectivity index (χ2v) is 3.66. The molecule has 1 aromatic heterocycles. The Morgan fingerprint density at radius 2 is 2.18 bits per heavy atom. The van der Waals surface area contributed by atoms with Gasteiger partial charge in [-0.3, -0.25) is 4.68 Å². The molecule has 1 unspecified atom stereocenters. The molecule has 0 aliphatic rings. The fraction of sp³-hybridized carbons (Fsp3) is 0.273. The van der Waals surface area contributed by atoms with Gasteiger partial charge in [-0.05, 0) is 6.07 Å². The molecule has 6 heteroatoms. The van der Waals surface area contributed by atoms with Crippen molar-refractivity contribution >= 4 is 0 Å². The Kier molecular flexibility index (Phi) is 3.14. The van der Waals surface area contributed by atoms with E-state index in [1.165, 1.54) is 23.1 Å². The van der Waals surface area contributed by atoms with Gasteiger partial charge in [0.2, 0.25) is 0 Å². The van der Waals surface area contributed by atoms with E-state index in [0.29, 0.717) is 5.82 Å². The van der Waals surface area contributed by atoms with Gasteiger partial charge in [-0.25, -0.2) is 13.8 Å². The Balaban J connectivity index is 2.23. The Morgan fingerprint density at radius 3 is 2.82 bits per heavy atom. The maximum absolute atomic E-state index is 13.4. The summed E-state index contributed by atoms with van der Waals surface area (Å²) in [5, 5.41) is 13.7. The molecule has 2 aromatic rings. The number of halogens is 2. The quantitative estimate of drug-likeness (QED) is 0.880. The first kappa shape index (κ1) is 11.7. The number of hydrogen-bond donors (Lipinski definition) is 1. The molecule has 0 spiro atoms. The van der Waals surface area contributed by atoms with Crippen molar-refractivity contribution in [2.45, 2.75) is 12.5 Å². The summed E-state index contributed by atoms with van der Waals surface area (Å²) in [7, 11) is 1.66. The molecule has 0 radical (unpaired) electrons. The van der Waals surface area contributed by atoms with Crippen LogP contribution in [-0.4, -0.2) is 19.9 Å². The average Bonchev–Trinajstić information content (AvgIpc) is 2.68. The van der Waals surface area contributed by atoms with E-state index in [0.717, 1.165) is 6.07 Å². The van der Waals surface area contributed by atoms with Crippen LogP contribution in [0, 0.1) is 11.6 Å². The number of benzene rings is 1. The third-order valence-corrected chi connectivity index (χ3v) is 2.52. The minimum atomic E-state index is -1.14. The Bertz CT molecular complexity index is 527. The Labute approximate surface area is 96.5 Å². The number of nitrogens with zero attached hydrogens (tertiary/aromatic N) is 3. The Morgan fingerprint density at radius 1 is 1.41 bits per heavy atom. The first-order chi connectivity index (χ1) is 8.09. The average molecular weight is 239 g/mol. The normalized spacial score (nSPS) is 12.7.